The SMILES string of the molecule is COc1ccc(C(=O)N2CCC(NCc3cncn3C)CC2)c(OC)c1. The summed E-state index contributed by atoms with van der Waals surface area (Å²) in [7, 11) is 5.16. The zero-order valence-corrected chi connectivity index (χ0v) is 15.6. The normalized spacial score (nSPS) is 15.1. The van der Waals surface area contributed by atoms with Crippen molar-refractivity contribution in [2.45, 2.75) is 25.4 Å². The highest BCUT2D eigenvalue weighted by atomic mass is 16.5. The van der Waals surface area contributed by atoms with Crippen molar-refractivity contribution in [3.05, 3.63) is 42.0 Å². The fraction of sp³-hybridized carbons (Fsp3) is 0.474. The lowest BCUT2D eigenvalue weighted by Gasteiger charge is -2.33. The number of carbonyl (C=O) groups is 1. The quantitative estimate of drug-likeness (QED) is 0.853. The number of aryl methyl sites for hydroxylation is 1. The average Bonchev–Trinajstić information content (AvgIpc) is 3.10. The van der Waals surface area contributed by atoms with Gasteiger partial charge in [-0.3, -0.25) is 4.79 Å². The number of likely N-dealkylation sites (tertiary alicyclic amines) is 1. The first-order valence-electron chi connectivity index (χ1n) is 8.82. The molecule has 2 aromatic rings. The molecule has 0 aliphatic carbocycles. The highest BCUT2D eigenvalue weighted by Crippen LogP contribution is 2.26. The first-order chi connectivity index (χ1) is 12.6. The van der Waals surface area contributed by atoms with Crippen LogP contribution in [0.25, 0.3) is 0 Å². The molecule has 0 spiro atoms. The maximum atomic E-state index is 12.8. The molecule has 1 aliphatic heterocycles. The lowest BCUT2D eigenvalue weighted by atomic mass is 10.0. The monoisotopic (exact) mass is 358 g/mol. The molecule has 3 rings (SSSR count). The molecule has 0 atom stereocenters. The Morgan fingerprint density at radius 3 is 2.65 bits per heavy atom. The van der Waals surface area contributed by atoms with Crippen LogP contribution >= 0.6 is 0 Å². The number of nitrogens with zero attached hydrogens (tertiary/aromatic N) is 3. The van der Waals surface area contributed by atoms with Gasteiger partial charge in [-0.25, -0.2) is 4.98 Å². The van der Waals surface area contributed by atoms with Crippen molar-refractivity contribution in [1.29, 1.82) is 0 Å². The van der Waals surface area contributed by atoms with E-state index >= 15 is 0 Å². The molecule has 0 bridgehead atoms. The van der Waals surface area contributed by atoms with Crippen LogP contribution in [0.2, 0.25) is 0 Å². The number of hydrogen-bond donors (Lipinski definition) is 1. The highest BCUT2D eigenvalue weighted by Gasteiger charge is 2.25. The molecule has 1 N–H and O–H groups in total. The molecule has 2 heterocycles. The number of methoxy groups -OCH3 is 2. The Morgan fingerprint density at radius 1 is 1.27 bits per heavy atom. The minimum atomic E-state index is 0.00888. The van der Waals surface area contributed by atoms with E-state index in [1.165, 1.54) is 0 Å². The third-order valence-electron chi connectivity index (χ3n) is 4.91. The molecule has 1 saturated heterocycles. The molecule has 7 heteroatoms. The van der Waals surface area contributed by atoms with E-state index in [1.807, 2.05) is 22.7 Å². The van der Waals surface area contributed by atoms with Crippen LogP contribution in [-0.2, 0) is 13.6 Å². The Labute approximate surface area is 153 Å². The fourth-order valence-corrected chi connectivity index (χ4v) is 3.24. The van der Waals surface area contributed by atoms with Crippen molar-refractivity contribution < 1.29 is 14.3 Å². The maximum absolute atomic E-state index is 12.8. The topological polar surface area (TPSA) is 68.6 Å². The van der Waals surface area contributed by atoms with Crippen LogP contribution in [0.5, 0.6) is 11.5 Å². The van der Waals surface area contributed by atoms with Crippen LogP contribution < -0.4 is 14.8 Å². The minimum absolute atomic E-state index is 0.00888. The first-order valence-corrected chi connectivity index (χ1v) is 8.82. The summed E-state index contributed by atoms with van der Waals surface area (Å²) in [5.74, 6) is 1.23. The molecule has 0 saturated carbocycles. The predicted molar refractivity (Wildman–Crippen MR) is 98.5 cm³/mol. The minimum Gasteiger partial charge on any atom is -0.497 e. The molecule has 1 aromatic carbocycles. The second-order valence-corrected chi connectivity index (χ2v) is 6.51. The van der Waals surface area contributed by atoms with Crippen molar-refractivity contribution in [2.75, 3.05) is 27.3 Å². The number of aromatic nitrogens is 2. The van der Waals surface area contributed by atoms with Gasteiger partial charge in [0, 0.05) is 45.0 Å². The van der Waals surface area contributed by atoms with Crippen LogP contribution in [0.1, 0.15) is 28.9 Å². The third kappa shape index (κ3) is 3.99. The van der Waals surface area contributed by atoms with Gasteiger partial charge in [-0.15, -0.1) is 0 Å². The predicted octanol–water partition coefficient (Wildman–Crippen LogP) is 1.83. The second-order valence-electron chi connectivity index (χ2n) is 6.51. The van der Waals surface area contributed by atoms with E-state index in [1.54, 1.807) is 38.7 Å². The summed E-state index contributed by atoms with van der Waals surface area (Å²) in [6.45, 7) is 2.26. The van der Waals surface area contributed by atoms with E-state index in [4.69, 9.17) is 9.47 Å². The number of piperidine rings is 1. The zero-order valence-electron chi connectivity index (χ0n) is 15.6. The van der Waals surface area contributed by atoms with Gasteiger partial charge in [0.25, 0.3) is 5.91 Å². The molecular formula is C19H26N4O3. The van der Waals surface area contributed by atoms with Crippen LogP contribution in [-0.4, -0.2) is 53.7 Å². The third-order valence-corrected chi connectivity index (χ3v) is 4.91. The van der Waals surface area contributed by atoms with E-state index in [0.717, 1.165) is 38.2 Å². The van der Waals surface area contributed by atoms with E-state index in [9.17, 15) is 4.79 Å². The van der Waals surface area contributed by atoms with Gasteiger partial charge in [-0.2, -0.15) is 0 Å². The summed E-state index contributed by atoms with van der Waals surface area (Å²) in [6.07, 6.45) is 5.55. The van der Waals surface area contributed by atoms with Crippen molar-refractivity contribution in [1.82, 2.24) is 19.8 Å². The number of imidazole rings is 1. The molecule has 1 fully saturated rings. The van der Waals surface area contributed by atoms with E-state index in [-0.39, 0.29) is 5.91 Å². The van der Waals surface area contributed by atoms with Gasteiger partial charge in [0.1, 0.15) is 11.5 Å². The summed E-state index contributed by atoms with van der Waals surface area (Å²) in [5.41, 5.74) is 1.74. The Balaban J connectivity index is 1.56. The Hall–Kier alpha value is -2.54. The van der Waals surface area contributed by atoms with E-state index in [0.29, 0.717) is 23.1 Å². The lowest BCUT2D eigenvalue weighted by Crippen LogP contribution is -2.44. The average molecular weight is 358 g/mol. The molecule has 0 radical (unpaired) electrons. The molecule has 0 unspecified atom stereocenters. The maximum Gasteiger partial charge on any atom is 0.257 e. The van der Waals surface area contributed by atoms with Gasteiger partial charge in [0.15, 0.2) is 0 Å². The molecule has 140 valence electrons. The summed E-state index contributed by atoms with van der Waals surface area (Å²) in [5, 5.41) is 3.56. The van der Waals surface area contributed by atoms with Gasteiger partial charge in [0.2, 0.25) is 0 Å². The number of benzene rings is 1. The molecule has 26 heavy (non-hydrogen) atoms. The number of hydrogen-bond acceptors (Lipinski definition) is 5. The summed E-state index contributed by atoms with van der Waals surface area (Å²) in [4.78, 5) is 18.9. The Kier molecular flexibility index (Phi) is 5.78. The zero-order chi connectivity index (χ0) is 18.5. The molecule has 7 nitrogen and oxygen atoms in total. The number of rotatable bonds is 6. The molecule has 1 amide bonds. The van der Waals surface area contributed by atoms with Crippen molar-refractivity contribution in [3.63, 3.8) is 0 Å². The fourth-order valence-electron chi connectivity index (χ4n) is 3.24. The molecule has 1 aromatic heterocycles. The highest BCUT2D eigenvalue weighted by molar-refractivity contribution is 5.97. The van der Waals surface area contributed by atoms with Gasteiger partial charge < -0.3 is 24.3 Å². The first kappa shape index (κ1) is 18.3. The summed E-state index contributed by atoms with van der Waals surface area (Å²) < 4.78 is 12.6. The standard InChI is InChI=1S/C19H26N4O3/c1-22-13-20-11-15(22)12-21-14-6-8-23(9-7-14)19(24)17-5-4-16(25-2)10-18(17)26-3/h4-5,10-11,13-14,21H,6-9,12H2,1-3H3. The summed E-state index contributed by atoms with van der Waals surface area (Å²) >= 11 is 0. The van der Waals surface area contributed by atoms with Crippen molar-refractivity contribution >= 4 is 5.91 Å². The van der Waals surface area contributed by atoms with Gasteiger partial charge in [-0.1, -0.05) is 0 Å². The van der Waals surface area contributed by atoms with Crippen LogP contribution in [0.3, 0.4) is 0 Å². The van der Waals surface area contributed by atoms with Gasteiger partial charge >= 0.3 is 0 Å². The number of carbonyl (C=O) groups excluding carboxylic acids is 1. The van der Waals surface area contributed by atoms with Crippen molar-refractivity contribution in [2.24, 2.45) is 7.05 Å². The lowest BCUT2D eigenvalue weighted by molar-refractivity contribution is 0.0701. The molecule has 1 aliphatic rings. The number of ether oxygens (including phenoxy) is 2. The van der Waals surface area contributed by atoms with Crippen LogP contribution in [0.4, 0.5) is 0 Å². The van der Waals surface area contributed by atoms with E-state index < -0.39 is 0 Å². The molecular weight excluding hydrogens is 332 g/mol. The number of nitrogens with one attached hydrogen (secondary N) is 1. The summed E-state index contributed by atoms with van der Waals surface area (Å²) in [6, 6.07) is 5.71. The largest absolute Gasteiger partial charge is 0.497 e. The Bertz CT molecular complexity index is 751. The van der Waals surface area contributed by atoms with Crippen molar-refractivity contribution in [3.8, 4) is 11.5 Å². The Morgan fingerprint density at radius 2 is 2.04 bits per heavy atom. The second kappa shape index (κ2) is 8.23. The van der Waals surface area contributed by atoms with Gasteiger partial charge in [-0.05, 0) is 25.0 Å². The van der Waals surface area contributed by atoms with Gasteiger partial charge in [0.05, 0.1) is 31.8 Å². The van der Waals surface area contributed by atoms with Crippen LogP contribution in [0.15, 0.2) is 30.7 Å². The van der Waals surface area contributed by atoms with E-state index in [2.05, 4.69) is 10.3 Å². The number of amides is 1. The van der Waals surface area contributed by atoms with Crippen LogP contribution in [0, 0.1) is 0 Å². The smallest absolute Gasteiger partial charge is 0.257 e.